The van der Waals surface area contributed by atoms with Crippen LogP contribution in [0.25, 0.3) is 0 Å². The molecule has 1 aromatic rings. The molecule has 0 unspecified atom stereocenters. The van der Waals surface area contributed by atoms with E-state index in [2.05, 4.69) is 4.74 Å². The number of rotatable bonds is 3. The summed E-state index contributed by atoms with van der Waals surface area (Å²) in [6.07, 6.45) is -3.48. The van der Waals surface area contributed by atoms with E-state index in [4.69, 9.17) is 17.3 Å². The van der Waals surface area contributed by atoms with Crippen LogP contribution >= 0.6 is 0 Å². The Kier molecular flexibility index (Phi) is 4.45. The Morgan fingerprint density at radius 3 is 2.81 bits per heavy atom. The Hall–Kier alpha value is -2.12. The molecule has 2 rings (SSSR count). The van der Waals surface area contributed by atoms with Gasteiger partial charge in [-0.05, 0) is 30.7 Å². The lowest BCUT2D eigenvalue weighted by Gasteiger charge is -2.10. The van der Waals surface area contributed by atoms with E-state index in [9.17, 15) is 18.0 Å². The molecule has 110 valence electrons. The molecule has 0 aromatic heterocycles. The molecule has 0 bridgehead atoms. The summed E-state index contributed by atoms with van der Waals surface area (Å²) in [6.45, 7) is -0.189. The predicted octanol–water partition coefficient (Wildman–Crippen LogP) is 3.02. The van der Waals surface area contributed by atoms with Crippen LogP contribution < -0.4 is 4.74 Å². The highest BCUT2D eigenvalue weighted by atomic mass is 19.4. The van der Waals surface area contributed by atoms with Crippen molar-refractivity contribution in [1.29, 1.82) is 0 Å². The number of carbonyl (C=O) groups excluding carboxylic acids is 1. The molecule has 0 amide bonds. The lowest BCUT2D eigenvalue weighted by molar-refractivity contribution is -0.137. The first-order chi connectivity index (χ1) is 9.84. The van der Waals surface area contributed by atoms with Gasteiger partial charge in [0.05, 0.1) is 11.6 Å². The Labute approximate surface area is 119 Å². The number of benzene rings is 1. The minimum atomic E-state index is -4.51. The lowest BCUT2D eigenvalue weighted by atomic mass is 9.98. The maximum atomic E-state index is 12.5. The van der Waals surface area contributed by atoms with Crippen molar-refractivity contribution < 1.29 is 32.2 Å². The smallest absolute Gasteiger partial charge is 0.501 e. The van der Waals surface area contributed by atoms with Gasteiger partial charge in [0.2, 0.25) is 0 Å². The second-order valence-corrected chi connectivity index (χ2v) is 4.23. The van der Waals surface area contributed by atoms with Crippen LogP contribution in [0, 0.1) is 0 Å². The van der Waals surface area contributed by atoms with Crippen molar-refractivity contribution in [2.45, 2.75) is 18.6 Å². The number of hydrogen-bond donors (Lipinski definition) is 0. The highest BCUT2D eigenvalue weighted by Gasteiger charge is 2.30. The average Bonchev–Trinajstić information content (AvgIpc) is 2.82. The maximum Gasteiger partial charge on any atom is 0.514 e. The Balaban J connectivity index is 1.88. The van der Waals surface area contributed by atoms with E-state index < -0.39 is 23.9 Å². The van der Waals surface area contributed by atoms with Gasteiger partial charge in [-0.1, -0.05) is 6.07 Å². The molecule has 1 aliphatic rings. The van der Waals surface area contributed by atoms with Gasteiger partial charge in [-0.2, -0.15) is 13.2 Å². The van der Waals surface area contributed by atoms with E-state index in [1.54, 1.807) is 6.08 Å². The fourth-order valence-electron chi connectivity index (χ4n) is 1.62. The fraction of sp³-hybridized carbons (Fsp3) is 0.308. The van der Waals surface area contributed by atoms with Crippen molar-refractivity contribution in [3.8, 4) is 5.75 Å². The monoisotopic (exact) mass is 298 g/mol. The van der Waals surface area contributed by atoms with Crippen LogP contribution in [0.1, 0.15) is 12.0 Å². The van der Waals surface area contributed by atoms with Gasteiger partial charge in [0.15, 0.2) is 6.61 Å². The molecule has 4 nitrogen and oxygen atoms in total. The third-order valence-corrected chi connectivity index (χ3v) is 2.58. The van der Waals surface area contributed by atoms with Crippen LogP contribution in [-0.2, 0) is 15.7 Å². The van der Waals surface area contributed by atoms with Gasteiger partial charge in [-0.25, -0.2) is 4.79 Å². The summed E-state index contributed by atoms with van der Waals surface area (Å²) >= 11 is 0. The zero-order chi connectivity index (χ0) is 15.5. The van der Waals surface area contributed by atoms with Crippen molar-refractivity contribution in [1.82, 2.24) is 0 Å². The number of carbonyl (C=O) groups is 1. The number of hydrogen-bond acceptors (Lipinski definition) is 4. The van der Waals surface area contributed by atoms with Crippen LogP contribution in [0.2, 0.25) is 0 Å². The summed E-state index contributed by atoms with van der Waals surface area (Å²) in [5, 5.41) is 0. The third-order valence-electron chi connectivity index (χ3n) is 2.58. The van der Waals surface area contributed by atoms with Gasteiger partial charge in [-0.15, -0.1) is 0 Å². The number of alkyl halides is 3. The summed E-state index contributed by atoms with van der Waals surface area (Å²) in [6, 6.07) is 3.47. The zero-order valence-electron chi connectivity index (χ0n) is 10.7. The van der Waals surface area contributed by atoms with Crippen LogP contribution in [0.3, 0.4) is 0 Å². The molecule has 0 saturated heterocycles. The van der Waals surface area contributed by atoms with Gasteiger partial charge in [0.25, 0.3) is 0 Å². The van der Waals surface area contributed by atoms with E-state index in [1.165, 1.54) is 6.07 Å². The molecule has 0 saturated carbocycles. The first kappa shape index (κ1) is 15.3. The highest BCUT2D eigenvalue weighted by molar-refractivity contribution is 6.11. The second-order valence-electron chi connectivity index (χ2n) is 4.23. The maximum absolute atomic E-state index is 12.5. The normalized spacial score (nSPS) is 17.9. The molecule has 0 fully saturated rings. The summed E-state index contributed by atoms with van der Waals surface area (Å²) in [7, 11) is 5.46. The molecular weight excluding hydrogens is 288 g/mol. The Morgan fingerprint density at radius 1 is 1.43 bits per heavy atom. The molecule has 1 atom stereocenters. The van der Waals surface area contributed by atoms with Crippen molar-refractivity contribution in [3.63, 3.8) is 0 Å². The molecule has 0 aliphatic carbocycles. The van der Waals surface area contributed by atoms with E-state index >= 15 is 0 Å². The van der Waals surface area contributed by atoms with E-state index in [1.807, 2.05) is 0 Å². The Morgan fingerprint density at radius 2 is 2.19 bits per heavy atom. The van der Waals surface area contributed by atoms with Gasteiger partial charge in [0, 0.05) is 0 Å². The first-order valence-corrected chi connectivity index (χ1v) is 5.98. The fourth-order valence-corrected chi connectivity index (χ4v) is 1.62. The van der Waals surface area contributed by atoms with Crippen molar-refractivity contribution in [3.05, 3.63) is 41.7 Å². The third kappa shape index (κ3) is 4.44. The molecule has 1 heterocycles. The van der Waals surface area contributed by atoms with Crippen molar-refractivity contribution in [2.75, 3.05) is 6.61 Å². The molecule has 2 radical (unpaired) electrons. The second kappa shape index (κ2) is 6.11. The topological polar surface area (TPSA) is 44.8 Å². The molecule has 0 spiro atoms. The summed E-state index contributed by atoms with van der Waals surface area (Å²) in [4.78, 5) is 11.4. The number of halogens is 3. The number of ether oxygens (including phenoxy) is 3. The summed E-state index contributed by atoms with van der Waals surface area (Å²) in [5.74, 6) is 0.122. The molecule has 8 heteroatoms. The van der Waals surface area contributed by atoms with Crippen LogP contribution in [0.5, 0.6) is 5.75 Å². The van der Waals surface area contributed by atoms with Gasteiger partial charge in [0.1, 0.15) is 19.4 Å². The van der Waals surface area contributed by atoms with E-state index in [-0.39, 0.29) is 12.4 Å². The van der Waals surface area contributed by atoms with Gasteiger partial charge in [-0.3, -0.25) is 0 Å². The summed E-state index contributed by atoms with van der Waals surface area (Å²) in [5.41, 5.74) is -0.916. The molecule has 0 N–H and O–H groups in total. The summed E-state index contributed by atoms with van der Waals surface area (Å²) < 4.78 is 51.9. The molecule has 1 aromatic carbocycles. The van der Waals surface area contributed by atoms with Crippen LogP contribution in [-0.4, -0.2) is 26.6 Å². The largest absolute Gasteiger partial charge is 0.514 e. The van der Waals surface area contributed by atoms with Crippen LogP contribution in [0.15, 0.2) is 36.1 Å². The highest BCUT2D eigenvalue weighted by Crippen LogP contribution is 2.31. The van der Waals surface area contributed by atoms with Crippen LogP contribution in [0.4, 0.5) is 18.0 Å². The molecule has 21 heavy (non-hydrogen) atoms. The Bertz CT molecular complexity index is 557. The van der Waals surface area contributed by atoms with E-state index in [0.29, 0.717) is 18.2 Å². The van der Waals surface area contributed by atoms with Gasteiger partial charge >= 0.3 is 12.3 Å². The van der Waals surface area contributed by atoms with E-state index in [0.717, 1.165) is 12.1 Å². The minimum Gasteiger partial charge on any atom is -0.501 e. The molecule has 1 aliphatic heterocycles. The zero-order valence-corrected chi connectivity index (χ0v) is 10.7. The van der Waals surface area contributed by atoms with Crippen molar-refractivity contribution >= 4 is 14.0 Å². The lowest BCUT2D eigenvalue weighted by Crippen LogP contribution is -2.14. The molecular formula is C13H10BF3O4. The quantitative estimate of drug-likeness (QED) is 0.489. The predicted molar refractivity (Wildman–Crippen MR) is 66.7 cm³/mol. The average molecular weight is 298 g/mol. The first-order valence-electron chi connectivity index (χ1n) is 5.98. The standard InChI is InChI=1S/C13H10BF3O4/c14-11-5-4-10(20-11)7-19-12(18)21-9-3-1-2-8(6-9)13(15,16)17/h1-4,6,11H,5,7H2/t11-/m1/s1. The van der Waals surface area contributed by atoms with Gasteiger partial charge < -0.3 is 14.2 Å². The van der Waals surface area contributed by atoms with Crippen molar-refractivity contribution in [2.24, 2.45) is 0 Å². The minimum absolute atomic E-state index is 0.189. The SMILES string of the molecule is [B][C@H]1CC=C(COC(=O)Oc2cccc(C(F)(F)F)c2)O1.